The van der Waals surface area contributed by atoms with E-state index < -0.39 is 11.5 Å². The molecule has 0 saturated heterocycles. The number of nitriles is 1. The molecule has 0 radical (unpaired) electrons. The largest absolute Gasteiger partial charge is 0.489 e. The van der Waals surface area contributed by atoms with Crippen LogP contribution in [-0.4, -0.2) is 25.1 Å². The minimum atomic E-state index is -0.714. The zero-order chi connectivity index (χ0) is 32.9. The van der Waals surface area contributed by atoms with Gasteiger partial charge in [-0.25, -0.2) is 9.36 Å². The van der Waals surface area contributed by atoms with Gasteiger partial charge >= 0.3 is 0 Å². The van der Waals surface area contributed by atoms with Gasteiger partial charge in [0.25, 0.3) is 11.5 Å². The smallest absolute Gasteiger partial charge is 0.295 e. The van der Waals surface area contributed by atoms with Crippen molar-refractivity contribution in [2.45, 2.75) is 13.5 Å². The summed E-state index contributed by atoms with van der Waals surface area (Å²) in [7, 11) is 1.73. The van der Waals surface area contributed by atoms with Crippen LogP contribution in [0.1, 0.15) is 16.8 Å². The summed E-state index contributed by atoms with van der Waals surface area (Å²) < 4.78 is 10.9. The Bertz CT molecular complexity index is 2210. The van der Waals surface area contributed by atoms with E-state index in [1.807, 2.05) is 103 Å². The SMILES string of the molecule is Cc1c(NC(=O)/C(C#N)=C\c2cn(-c3ccccc3)nc2-c2cccc(OCc3ccccc3Cl)c2)c(=O)n(-c2ccccc2)n1C. The van der Waals surface area contributed by atoms with Gasteiger partial charge in [-0.2, -0.15) is 10.4 Å². The van der Waals surface area contributed by atoms with Crippen LogP contribution < -0.4 is 15.6 Å². The first kappa shape index (κ1) is 30.9. The van der Waals surface area contributed by atoms with Crippen molar-refractivity contribution in [2.24, 2.45) is 7.05 Å². The second-order valence-electron chi connectivity index (χ2n) is 10.7. The van der Waals surface area contributed by atoms with Gasteiger partial charge in [0.2, 0.25) is 0 Å². The Morgan fingerprint density at radius 3 is 2.34 bits per heavy atom. The summed E-state index contributed by atoms with van der Waals surface area (Å²) in [5.74, 6) is -0.118. The maximum Gasteiger partial charge on any atom is 0.295 e. The van der Waals surface area contributed by atoms with E-state index in [4.69, 9.17) is 21.4 Å². The van der Waals surface area contributed by atoms with E-state index >= 15 is 0 Å². The number of aromatic nitrogens is 4. The lowest BCUT2D eigenvalue weighted by Gasteiger charge is -2.09. The molecule has 0 unspecified atom stereocenters. The Balaban J connectivity index is 1.35. The molecule has 0 fully saturated rings. The number of rotatable bonds is 9. The van der Waals surface area contributed by atoms with Crippen LogP contribution >= 0.6 is 11.6 Å². The van der Waals surface area contributed by atoms with Gasteiger partial charge in [-0.1, -0.05) is 78.3 Å². The summed E-state index contributed by atoms with van der Waals surface area (Å²) in [6.45, 7) is 2.01. The Labute approximate surface area is 276 Å². The van der Waals surface area contributed by atoms with Gasteiger partial charge in [0.05, 0.1) is 17.1 Å². The van der Waals surface area contributed by atoms with E-state index in [2.05, 4.69) is 5.32 Å². The van der Waals surface area contributed by atoms with Gasteiger partial charge in [0.15, 0.2) is 0 Å². The molecular formula is C37H29ClN6O3. The van der Waals surface area contributed by atoms with Crippen molar-refractivity contribution in [3.05, 3.63) is 153 Å². The molecule has 0 aliphatic carbocycles. The molecule has 6 aromatic rings. The van der Waals surface area contributed by atoms with Crippen LogP contribution in [0.4, 0.5) is 5.69 Å². The zero-order valence-electron chi connectivity index (χ0n) is 25.6. The number of hydrogen-bond donors (Lipinski definition) is 1. The van der Waals surface area contributed by atoms with Crippen molar-refractivity contribution in [1.82, 2.24) is 19.1 Å². The fraction of sp³-hybridized carbons (Fsp3) is 0.0811. The van der Waals surface area contributed by atoms with Crippen molar-refractivity contribution < 1.29 is 9.53 Å². The first-order valence-electron chi connectivity index (χ1n) is 14.7. The number of anilines is 1. The third-order valence-electron chi connectivity index (χ3n) is 7.68. The molecule has 4 aromatic carbocycles. The number of hydrogen-bond acceptors (Lipinski definition) is 5. The molecule has 232 valence electrons. The molecular weight excluding hydrogens is 612 g/mol. The van der Waals surface area contributed by atoms with Gasteiger partial charge in [-0.3, -0.25) is 14.3 Å². The highest BCUT2D eigenvalue weighted by molar-refractivity contribution is 6.31. The standard InChI is InChI=1S/C37H29ClN6O3/c1-25-34(37(46)44(42(25)2)31-16-7-4-8-17-31)40-36(45)28(22-39)20-29-23-43(30-14-5-3-6-15-30)41-35(29)26-13-11-18-32(21-26)47-24-27-12-9-10-19-33(27)38/h3-21,23H,24H2,1-2H3,(H,40,45)/b28-20-. The van der Waals surface area contributed by atoms with Crippen LogP contribution in [0.25, 0.3) is 28.7 Å². The number of para-hydroxylation sites is 2. The number of nitrogens with zero attached hydrogens (tertiary/aromatic N) is 5. The van der Waals surface area contributed by atoms with Gasteiger partial charge < -0.3 is 10.1 Å². The molecule has 1 N–H and O–H groups in total. The van der Waals surface area contributed by atoms with Gasteiger partial charge in [0.1, 0.15) is 35.4 Å². The third-order valence-corrected chi connectivity index (χ3v) is 8.05. The van der Waals surface area contributed by atoms with Crippen molar-refractivity contribution in [1.29, 1.82) is 5.26 Å². The fourth-order valence-electron chi connectivity index (χ4n) is 5.14. The number of halogens is 1. The highest BCUT2D eigenvalue weighted by Crippen LogP contribution is 2.29. The van der Waals surface area contributed by atoms with Crippen LogP contribution in [0.5, 0.6) is 5.75 Å². The van der Waals surface area contributed by atoms with Crippen LogP contribution in [0, 0.1) is 18.3 Å². The maximum absolute atomic E-state index is 13.5. The number of ether oxygens (including phenoxy) is 1. The first-order valence-corrected chi connectivity index (χ1v) is 15.1. The summed E-state index contributed by atoms with van der Waals surface area (Å²) >= 11 is 6.31. The highest BCUT2D eigenvalue weighted by atomic mass is 35.5. The molecule has 1 amide bonds. The second-order valence-corrected chi connectivity index (χ2v) is 11.1. The summed E-state index contributed by atoms with van der Waals surface area (Å²) in [5.41, 5.74) is 4.08. The van der Waals surface area contributed by atoms with Crippen molar-refractivity contribution in [3.8, 4) is 34.5 Å². The lowest BCUT2D eigenvalue weighted by atomic mass is 10.1. The topological polar surface area (TPSA) is 107 Å². The van der Waals surface area contributed by atoms with E-state index in [9.17, 15) is 14.9 Å². The minimum absolute atomic E-state index is 0.0890. The van der Waals surface area contributed by atoms with E-state index in [-0.39, 0.29) is 17.9 Å². The second kappa shape index (κ2) is 13.5. The molecule has 2 aromatic heterocycles. The molecule has 47 heavy (non-hydrogen) atoms. The molecule has 6 rings (SSSR count). The fourth-order valence-corrected chi connectivity index (χ4v) is 5.33. The Morgan fingerprint density at radius 2 is 1.64 bits per heavy atom. The number of nitrogens with one attached hydrogen (secondary N) is 1. The lowest BCUT2D eigenvalue weighted by Crippen LogP contribution is -2.23. The van der Waals surface area contributed by atoms with E-state index in [1.54, 1.807) is 41.7 Å². The first-order chi connectivity index (χ1) is 22.8. The molecule has 0 atom stereocenters. The lowest BCUT2D eigenvalue weighted by molar-refractivity contribution is -0.112. The van der Waals surface area contributed by atoms with E-state index in [1.165, 1.54) is 10.8 Å². The van der Waals surface area contributed by atoms with Crippen molar-refractivity contribution in [2.75, 3.05) is 5.32 Å². The normalized spacial score (nSPS) is 11.2. The quantitative estimate of drug-likeness (QED) is 0.134. The number of carbonyl (C=O) groups excluding carboxylic acids is 1. The molecule has 0 aliphatic heterocycles. The summed E-state index contributed by atoms with van der Waals surface area (Å²) in [6, 6.07) is 35.5. The van der Waals surface area contributed by atoms with Gasteiger partial charge in [-0.05, 0) is 55.5 Å². The van der Waals surface area contributed by atoms with Crippen LogP contribution in [0.3, 0.4) is 0 Å². The van der Waals surface area contributed by atoms with E-state index in [0.717, 1.165) is 11.3 Å². The zero-order valence-corrected chi connectivity index (χ0v) is 26.3. The minimum Gasteiger partial charge on any atom is -0.489 e. The molecule has 0 bridgehead atoms. The summed E-state index contributed by atoms with van der Waals surface area (Å²) in [5, 5.41) is 18.2. The maximum atomic E-state index is 13.5. The van der Waals surface area contributed by atoms with Gasteiger partial charge in [0, 0.05) is 35.0 Å². The Hall–Kier alpha value is -6.11. The highest BCUT2D eigenvalue weighted by Gasteiger charge is 2.21. The Kier molecular flexibility index (Phi) is 8.86. The van der Waals surface area contributed by atoms with Crippen LogP contribution in [0.2, 0.25) is 5.02 Å². The summed E-state index contributed by atoms with van der Waals surface area (Å²) in [4.78, 5) is 26.9. The molecule has 9 nitrogen and oxygen atoms in total. The molecule has 0 aliphatic rings. The average Bonchev–Trinajstić information content (AvgIpc) is 3.62. The number of amides is 1. The predicted octanol–water partition coefficient (Wildman–Crippen LogP) is 7.12. The van der Waals surface area contributed by atoms with Crippen LogP contribution in [-0.2, 0) is 18.4 Å². The molecule has 10 heteroatoms. The molecule has 0 spiro atoms. The van der Waals surface area contributed by atoms with Gasteiger partial charge in [-0.15, -0.1) is 0 Å². The number of carbonyl (C=O) groups is 1. The molecule has 0 saturated carbocycles. The number of benzene rings is 4. The predicted molar refractivity (Wildman–Crippen MR) is 183 cm³/mol. The molecule has 2 heterocycles. The van der Waals surface area contributed by atoms with Crippen molar-refractivity contribution in [3.63, 3.8) is 0 Å². The third kappa shape index (κ3) is 6.50. The van der Waals surface area contributed by atoms with Crippen LogP contribution in [0.15, 0.2) is 126 Å². The monoisotopic (exact) mass is 640 g/mol. The van der Waals surface area contributed by atoms with E-state index in [0.29, 0.717) is 39.0 Å². The summed E-state index contributed by atoms with van der Waals surface area (Å²) in [6.07, 6.45) is 3.23. The van der Waals surface area contributed by atoms with Crippen molar-refractivity contribution >= 4 is 29.3 Å². The Morgan fingerprint density at radius 1 is 0.957 bits per heavy atom. The average molecular weight is 641 g/mol.